The molecule has 6 heteroatoms. The first-order valence-corrected chi connectivity index (χ1v) is 11.6. The molecular formula is C26H32N4O2. The van der Waals surface area contributed by atoms with Gasteiger partial charge in [0.05, 0.1) is 6.54 Å². The largest absolute Gasteiger partial charge is 0.338 e. The average molecular weight is 433 g/mol. The highest BCUT2D eigenvalue weighted by Crippen LogP contribution is 2.26. The molecule has 1 aromatic heterocycles. The fourth-order valence-electron chi connectivity index (χ4n) is 4.39. The Hall–Kier alpha value is -2.99. The number of carbonyl (C=O) groups is 1. The van der Waals surface area contributed by atoms with Gasteiger partial charge in [-0.25, -0.2) is 0 Å². The van der Waals surface area contributed by atoms with Gasteiger partial charge in [-0.2, -0.15) is 4.98 Å². The Kier molecular flexibility index (Phi) is 7.00. The monoisotopic (exact) mass is 432 g/mol. The Morgan fingerprint density at radius 3 is 2.44 bits per heavy atom. The number of piperidine rings is 1. The summed E-state index contributed by atoms with van der Waals surface area (Å²) in [6, 6.07) is 14.4. The minimum absolute atomic E-state index is 0.0337. The summed E-state index contributed by atoms with van der Waals surface area (Å²) in [5.41, 5.74) is 5.56. The van der Waals surface area contributed by atoms with Gasteiger partial charge in [0.2, 0.25) is 17.6 Å². The molecule has 3 aromatic rings. The van der Waals surface area contributed by atoms with Crippen LogP contribution in [-0.2, 0) is 24.2 Å². The molecule has 1 fully saturated rings. The van der Waals surface area contributed by atoms with E-state index in [0.717, 1.165) is 50.0 Å². The van der Waals surface area contributed by atoms with Gasteiger partial charge < -0.3 is 9.84 Å². The van der Waals surface area contributed by atoms with Crippen molar-refractivity contribution in [1.29, 1.82) is 0 Å². The van der Waals surface area contributed by atoms with Crippen LogP contribution in [0.3, 0.4) is 0 Å². The molecule has 0 radical (unpaired) electrons. The SMILES string of the molecule is CCc1cccc(CC)c1NC(=O)C1CCN(Cc2nc(-c3cccc(C)c3)no2)CC1. The number of anilines is 1. The van der Waals surface area contributed by atoms with Crippen LogP contribution in [0.1, 0.15) is 49.3 Å². The summed E-state index contributed by atoms with van der Waals surface area (Å²) in [7, 11) is 0. The van der Waals surface area contributed by atoms with Crippen molar-refractivity contribution in [3.8, 4) is 11.4 Å². The lowest BCUT2D eigenvalue weighted by molar-refractivity contribution is -0.121. The molecule has 1 amide bonds. The van der Waals surface area contributed by atoms with Crippen molar-refractivity contribution in [2.75, 3.05) is 18.4 Å². The summed E-state index contributed by atoms with van der Waals surface area (Å²) in [5, 5.41) is 7.38. The smallest absolute Gasteiger partial charge is 0.241 e. The summed E-state index contributed by atoms with van der Waals surface area (Å²) < 4.78 is 5.48. The van der Waals surface area contributed by atoms with Gasteiger partial charge >= 0.3 is 0 Å². The number of amides is 1. The van der Waals surface area contributed by atoms with Crippen LogP contribution < -0.4 is 5.32 Å². The van der Waals surface area contributed by atoms with Gasteiger partial charge in [0.25, 0.3) is 0 Å². The Labute approximate surface area is 190 Å². The van der Waals surface area contributed by atoms with E-state index in [4.69, 9.17) is 4.52 Å². The number of aromatic nitrogens is 2. The lowest BCUT2D eigenvalue weighted by Crippen LogP contribution is -2.38. The third-order valence-corrected chi connectivity index (χ3v) is 6.31. The van der Waals surface area contributed by atoms with Gasteiger partial charge in [-0.15, -0.1) is 0 Å². The molecule has 0 spiro atoms. The third kappa shape index (κ3) is 5.07. The maximum Gasteiger partial charge on any atom is 0.241 e. The normalized spacial score (nSPS) is 15.1. The zero-order chi connectivity index (χ0) is 22.5. The molecule has 2 heterocycles. The van der Waals surface area contributed by atoms with Crippen LogP contribution in [0.5, 0.6) is 0 Å². The summed E-state index contributed by atoms with van der Waals surface area (Å²) >= 11 is 0. The zero-order valence-corrected chi connectivity index (χ0v) is 19.2. The number of likely N-dealkylation sites (tertiary alicyclic amines) is 1. The van der Waals surface area contributed by atoms with Crippen LogP contribution in [0.15, 0.2) is 47.0 Å². The van der Waals surface area contributed by atoms with Gasteiger partial charge in [-0.1, -0.05) is 61.0 Å². The molecule has 0 aliphatic carbocycles. The molecule has 0 atom stereocenters. The van der Waals surface area contributed by atoms with Gasteiger partial charge in [0, 0.05) is 17.2 Å². The van der Waals surface area contributed by atoms with Crippen LogP contribution in [0.2, 0.25) is 0 Å². The second kappa shape index (κ2) is 10.1. The highest BCUT2D eigenvalue weighted by molar-refractivity contribution is 5.94. The summed E-state index contributed by atoms with van der Waals surface area (Å²) in [4.78, 5) is 19.8. The maximum absolute atomic E-state index is 13.0. The minimum atomic E-state index is 0.0337. The van der Waals surface area contributed by atoms with Crippen LogP contribution in [0.4, 0.5) is 5.69 Å². The molecular weight excluding hydrogens is 400 g/mol. The van der Waals surface area contributed by atoms with Crippen molar-refractivity contribution < 1.29 is 9.32 Å². The standard InChI is InChI=1S/C26H32N4O2/c1-4-19-9-7-10-20(5-2)24(19)28-26(31)21-12-14-30(15-13-21)17-23-27-25(29-32-23)22-11-6-8-18(3)16-22/h6-11,16,21H,4-5,12-15,17H2,1-3H3,(H,28,31). The van der Waals surface area contributed by atoms with Crippen molar-refractivity contribution in [3.63, 3.8) is 0 Å². The average Bonchev–Trinajstić information content (AvgIpc) is 3.28. The van der Waals surface area contributed by atoms with E-state index in [-0.39, 0.29) is 11.8 Å². The Bertz CT molecular complexity index is 1040. The van der Waals surface area contributed by atoms with Crippen molar-refractivity contribution in [2.45, 2.75) is 53.0 Å². The first kappa shape index (κ1) is 22.2. The van der Waals surface area contributed by atoms with E-state index in [1.54, 1.807) is 0 Å². The maximum atomic E-state index is 13.0. The second-order valence-corrected chi connectivity index (χ2v) is 8.58. The predicted octanol–water partition coefficient (Wildman–Crippen LogP) is 5.02. The van der Waals surface area contributed by atoms with Crippen LogP contribution in [0.25, 0.3) is 11.4 Å². The van der Waals surface area contributed by atoms with Crippen LogP contribution in [0, 0.1) is 12.8 Å². The molecule has 0 bridgehead atoms. The number of benzene rings is 2. The lowest BCUT2D eigenvalue weighted by atomic mass is 9.95. The first-order valence-electron chi connectivity index (χ1n) is 11.6. The van der Waals surface area contributed by atoms with E-state index in [0.29, 0.717) is 18.3 Å². The number of aryl methyl sites for hydroxylation is 3. The number of para-hydroxylation sites is 1. The molecule has 168 valence electrons. The lowest BCUT2D eigenvalue weighted by Gasteiger charge is -2.30. The van der Waals surface area contributed by atoms with E-state index >= 15 is 0 Å². The van der Waals surface area contributed by atoms with Crippen molar-refractivity contribution in [1.82, 2.24) is 15.0 Å². The molecule has 2 aromatic carbocycles. The number of carbonyl (C=O) groups excluding carboxylic acids is 1. The molecule has 1 aliphatic rings. The van der Waals surface area contributed by atoms with Crippen LogP contribution >= 0.6 is 0 Å². The molecule has 4 rings (SSSR count). The summed E-state index contributed by atoms with van der Waals surface area (Å²) in [6.45, 7) is 8.61. The highest BCUT2D eigenvalue weighted by atomic mass is 16.5. The number of hydrogen-bond donors (Lipinski definition) is 1. The predicted molar refractivity (Wildman–Crippen MR) is 126 cm³/mol. The quantitative estimate of drug-likeness (QED) is 0.568. The topological polar surface area (TPSA) is 71.3 Å². The number of hydrogen-bond acceptors (Lipinski definition) is 5. The molecule has 1 N–H and O–H groups in total. The molecule has 1 aliphatic heterocycles. The molecule has 32 heavy (non-hydrogen) atoms. The third-order valence-electron chi connectivity index (χ3n) is 6.31. The second-order valence-electron chi connectivity index (χ2n) is 8.58. The highest BCUT2D eigenvalue weighted by Gasteiger charge is 2.27. The number of nitrogens with one attached hydrogen (secondary N) is 1. The van der Waals surface area contributed by atoms with Gasteiger partial charge in [-0.3, -0.25) is 9.69 Å². The van der Waals surface area contributed by atoms with E-state index in [2.05, 4.69) is 71.5 Å². The minimum Gasteiger partial charge on any atom is -0.338 e. The Morgan fingerprint density at radius 1 is 1.09 bits per heavy atom. The summed E-state index contributed by atoms with van der Waals surface area (Å²) in [5.74, 6) is 1.42. The molecule has 0 unspecified atom stereocenters. The van der Waals surface area contributed by atoms with Gasteiger partial charge in [0.15, 0.2) is 0 Å². The molecule has 0 saturated carbocycles. The van der Waals surface area contributed by atoms with Crippen molar-refractivity contribution in [2.24, 2.45) is 5.92 Å². The van der Waals surface area contributed by atoms with Crippen LogP contribution in [-0.4, -0.2) is 34.0 Å². The van der Waals surface area contributed by atoms with Crippen molar-refractivity contribution in [3.05, 3.63) is 65.0 Å². The van der Waals surface area contributed by atoms with E-state index in [1.807, 2.05) is 12.1 Å². The number of nitrogens with zero attached hydrogens (tertiary/aromatic N) is 3. The van der Waals surface area contributed by atoms with Gasteiger partial charge in [0.1, 0.15) is 0 Å². The van der Waals surface area contributed by atoms with E-state index in [9.17, 15) is 4.79 Å². The first-order chi connectivity index (χ1) is 15.6. The number of rotatable bonds is 7. The fourth-order valence-corrected chi connectivity index (χ4v) is 4.39. The molecule has 1 saturated heterocycles. The zero-order valence-electron chi connectivity index (χ0n) is 19.2. The molecule has 6 nitrogen and oxygen atoms in total. The van der Waals surface area contributed by atoms with E-state index in [1.165, 1.54) is 16.7 Å². The summed E-state index contributed by atoms with van der Waals surface area (Å²) in [6.07, 6.45) is 3.49. The van der Waals surface area contributed by atoms with Crippen molar-refractivity contribution >= 4 is 11.6 Å². The van der Waals surface area contributed by atoms with Gasteiger partial charge in [-0.05, 0) is 62.9 Å². The Balaban J connectivity index is 1.33. The fraction of sp³-hybridized carbons (Fsp3) is 0.423. The van der Waals surface area contributed by atoms with E-state index < -0.39 is 0 Å². The Morgan fingerprint density at radius 2 is 1.78 bits per heavy atom.